The van der Waals surface area contributed by atoms with Gasteiger partial charge in [0.1, 0.15) is 11.6 Å². The van der Waals surface area contributed by atoms with E-state index in [0.717, 1.165) is 45.6 Å². The minimum absolute atomic E-state index is 0.538. The average molecular weight is 434 g/mol. The van der Waals surface area contributed by atoms with Gasteiger partial charge in [0, 0.05) is 5.56 Å². The van der Waals surface area contributed by atoms with E-state index in [1.165, 1.54) is 0 Å². The van der Waals surface area contributed by atoms with Gasteiger partial charge in [-0.25, -0.2) is 13.4 Å². The molecule has 31 heavy (non-hydrogen) atoms. The highest BCUT2D eigenvalue weighted by Crippen LogP contribution is 2.30. The van der Waals surface area contributed by atoms with Crippen LogP contribution in [-0.4, -0.2) is 31.2 Å². The van der Waals surface area contributed by atoms with Crippen LogP contribution < -0.4 is 9.46 Å². The molecule has 4 aromatic rings. The summed E-state index contributed by atoms with van der Waals surface area (Å²) in [5.74, 6) is 1.59. The summed E-state index contributed by atoms with van der Waals surface area (Å²) >= 11 is 0. The number of imidazole rings is 1. The molecule has 0 saturated carbocycles. The molecule has 0 aliphatic rings. The lowest BCUT2D eigenvalue weighted by molar-refractivity contribution is 0.340. The number of nitrogens with one attached hydrogen (secondary N) is 2. The molecule has 0 radical (unpaired) electrons. The lowest BCUT2D eigenvalue weighted by atomic mass is 10.0. The van der Waals surface area contributed by atoms with E-state index < -0.39 is 10.0 Å². The predicted octanol–water partition coefficient (Wildman–Crippen LogP) is 5.17. The molecule has 0 fully saturated rings. The minimum atomic E-state index is -3.37. The van der Waals surface area contributed by atoms with E-state index in [1.807, 2.05) is 73.7 Å². The third-order valence-corrected chi connectivity index (χ3v) is 5.25. The Hall–Kier alpha value is -3.58. The standard InChI is InChI=1S/C24H23N3O3S/c1-3-30-19-12-8-17(9-13-19)10-15-24-25-22-14-11-18(16-23(22)26-24)20-6-4-5-7-21(20)27-31(2,28)29/h4-16,27H,3H2,1-2H3,(H,25,26)/b15-10+. The van der Waals surface area contributed by atoms with Gasteiger partial charge < -0.3 is 9.72 Å². The fraction of sp³-hybridized carbons (Fsp3) is 0.125. The van der Waals surface area contributed by atoms with Gasteiger partial charge in [0.25, 0.3) is 0 Å². The average Bonchev–Trinajstić information content (AvgIpc) is 3.15. The molecule has 0 aliphatic heterocycles. The zero-order valence-electron chi connectivity index (χ0n) is 17.3. The first-order valence-corrected chi connectivity index (χ1v) is 11.8. The van der Waals surface area contributed by atoms with Gasteiger partial charge >= 0.3 is 0 Å². The van der Waals surface area contributed by atoms with Crippen molar-refractivity contribution in [2.75, 3.05) is 17.6 Å². The van der Waals surface area contributed by atoms with Crippen LogP contribution in [0.3, 0.4) is 0 Å². The molecule has 0 amide bonds. The van der Waals surface area contributed by atoms with Crippen molar-refractivity contribution < 1.29 is 13.2 Å². The smallest absolute Gasteiger partial charge is 0.229 e. The van der Waals surface area contributed by atoms with E-state index in [9.17, 15) is 8.42 Å². The van der Waals surface area contributed by atoms with Gasteiger partial charge in [0.2, 0.25) is 10.0 Å². The third kappa shape index (κ3) is 5.13. The number of aromatic amines is 1. The van der Waals surface area contributed by atoms with Gasteiger partial charge in [-0.1, -0.05) is 42.5 Å². The lowest BCUT2D eigenvalue weighted by Gasteiger charge is -2.10. The molecule has 1 aromatic heterocycles. The van der Waals surface area contributed by atoms with Gasteiger partial charge in [-0.2, -0.15) is 0 Å². The number of hydrogen-bond acceptors (Lipinski definition) is 4. The number of sulfonamides is 1. The molecule has 2 N–H and O–H groups in total. The summed E-state index contributed by atoms with van der Waals surface area (Å²) in [7, 11) is -3.37. The summed E-state index contributed by atoms with van der Waals surface area (Å²) in [4.78, 5) is 7.95. The van der Waals surface area contributed by atoms with Crippen molar-refractivity contribution in [1.82, 2.24) is 9.97 Å². The first kappa shape index (κ1) is 20.7. The van der Waals surface area contributed by atoms with Crippen LogP contribution in [0, 0.1) is 0 Å². The zero-order valence-corrected chi connectivity index (χ0v) is 18.1. The number of anilines is 1. The Morgan fingerprint density at radius 1 is 1.03 bits per heavy atom. The Bertz CT molecular complexity index is 1340. The number of rotatable bonds is 7. The number of aromatic nitrogens is 2. The van der Waals surface area contributed by atoms with E-state index in [1.54, 1.807) is 12.1 Å². The number of benzene rings is 3. The number of nitrogens with zero attached hydrogens (tertiary/aromatic N) is 1. The topological polar surface area (TPSA) is 84.1 Å². The van der Waals surface area contributed by atoms with Gasteiger partial charge in [0.15, 0.2) is 0 Å². The number of ether oxygens (including phenoxy) is 1. The van der Waals surface area contributed by atoms with Crippen molar-refractivity contribution in [2.24, 2.45) is 0 Å². The molecule has 3 aromatic carbocycles. The summed E-state index contributed by atoms with van der Waals surface area (Å²) in [6, 6.07) is 21.0. The van der Waals surface area contributed by atoms with Crippen molar-refractivity contribution in [2.45, 2.75) is 6.92 Å². The summed E-state index contributed by atoms with van der Waals surface area (Å²) < 4.78 is 31.4. The van der Waals surface area contributed by atoms with Crippen LogP contribution in [0.5, 0.6) is 5.75 Å². The summed E-state index contributed by atoms with van der Waals surface area (Å²) in [5.41, 5.74) is 4.97. The maximum absolute atomic E-state index is 11.7. The van der Waals surface area contributed by atoms with E-state index in [0.29, 0.717) is 12.3 Å². The van der Waals surface area contributed by atoms with Crippen molar-refractivity contribution in [3.63, 3.8) is 0 Å². The second-order valence-corrected chi connectivity index (χ2v) is 8.86. The van der Waals surface area contributed by atoms with Crippen molar-refractivity contribution in [1.29, 1.82) is 0 Å². The summed E-state index contributed by atoms with van der Waals surface area (Å²) in [6.45, 7) is 2.60. The second kappa shape index (κ2) is 8.65. The first-order valence-electron chi connectivity index (χ1n) is 9.89. The molecule has 4 rings (SSSR count). The number of hydrogen-bond donors (Lipinski definition) is 2. The fourth-order valence-electron chi connectivity index (χ4n) is 3.31. The monoisotopic (exact) mass is 433 g/mol. The fourth-order valence-corrected chi connectivity index (χ4v) is 3.89. The van der Waals surface area contributed by atoms with Crippen LogP contribution in [0.4, 0.5) is 5.69 Å². The maximum Gasteiger partial charge on any atom is 0.229 e. The molecule has 0 unspecified atom stereocenters. The lowest BCUT2D eigenvalue weighted by Crippen LogP contribution is -2.10. The molecule has 7 heteroatoms. The van der Waals surface area contributed by atoms with Gasteiger partial charge in [0.05, 0.1) is 29.6 Å². The molecule has 0 aliphatic carbocycles. The Morgan fingerprint density at radius 3 is 2.55 bits per heavy atom. The summed E-state index contributed by atoms with van der Waals surface area (Å²) in [6.07, 6.45) is 5.05. The van der Waals surface area contributed by atoms with Gasteiger partial charge in [-0.05, 0) is 54.5 Å². The van der Waals surface area contributed by atoms with Crippen LogP contribution in [0.15, 0.2) is 66.7 Å². The van der Waals surface area contributed by atoms with Crippen molar-refractivity contribution >= 4 is 38.9 Å². The molecular formula is C24H23N3O3S. The van der Waals surface area contributed by atoms with E-state index in [2.05, 4.69) is 14.7 Å². The molecule has 158 valence electrons. The van der Waals surface area contributed by atoms with Crippen molar-refractivity contribution in [3.05, 3.63) is 78.1 Å². The van der Waals surface area contributed by atoms with Crippen LogP contribution in [0.25, 0.3) is 34.3 Å². The summed E-state index contributed by atoms with van der Waals surface area (Å²) in [5, 5.41) is 0. The normalized spacial score (nSPS) is 11.8. The molecule has 6 nitrogen and oxygen atoms in total. The first-order chi connectivity index (χ1) is 14.9. The molecule has 0 atom stereocenters. The largest absolute Gasteiger partial charge is 0.494 e. The van der Waals surface area contributed by atoms with Crippen molar-refractivity contribution in [3.8, 4) is 16.9 Å². The number of para-hydroxylation sites is 1. The van der Waals surface area contributed by atoms with Crippen LogP contribution in [-0.2, 0) is 10.0 Å². The Balaban J connectivity index is 1.61. The third-order valence-electron chi connectivity index (χ3n) is 4.66. The number of H-pyrrole nitrogens is 1. The highest BCUT2D eigenvalue weighted by atomic mass is 32.2. The highest BCUT2D eigenvalue weighted by molar-refractivity contribution is 7.92. The minimum Gasteiger partial charge on any atom is -0.494 e. The van der Waals surface area contributed by atoms with E-state index in [-0.39, 0.29) is 0 Å². The SMILES string of the molecule is CCOc1ccc(/C=C/c2nc3cc(-c4ccccc4NS(C)(=O)=O)ccc3[nH]2)cc1. The zero-order chi connectivity index (χ0) is 21.8. The van der Waals surface area contributed by atoms with Crippen LogP contribution in [0.2, 0.25) is 0 Å². The quantitative estimate of drug-likeness (QED) is 0.421. The van der Waals surface area contributed by atoms with E-state index in [4.69, 9.17) is 4.74 Å². The molecule has 0 spiro atoms. The van der Waals surface area contributed by atoms with E-state index >= 15 is 0 Å². The maximum atomic E-state index is 11.7. The molecular weight excluding hydrogens is 410 g/mol. The molecule has 0 bridgehead atoms. The van der Waals surface area contributed by atoms with Crippen LogP contribution in [0.1, 0.15) is 18.3 Å². The Kier molecular flexibility index (Phi) is 5.77. The second-order valence-electron chi connectivity index (χ2n) is 7.11. The Morgan fingerprint density at radius 2 is 1.81 bits per heavy atom. The highest BCUT2D eigenvalue weighted by Gasteiger charge is 2.10. The molecule has 1 heterocycles. The van der Waals surface area contributed by atoms with Gasteiger partial charge in [-0.15, -0.1) is 0 Å². The predicted molar refractivity (Wildman–Crippen MR) is 127 cm³/mol. The van der Waals surface area contributed by atoms with Gasteiger partial charge in [-0.3, -0.25) is 4.72 Å². The number of fused-ring (bicyclic) bond motifs is 1. The Labute approximate surface area is 181 Å². The van der Waals surface area contributed by atoms with Crippen LogP contribution >= 0.6 is 0 Å². The molecule has 0 saturated heterocycles.